The van der Waals surface area contributed by atoms with Crippen LogP contribution in [0.25, 0.3) is 0 Å². The molecule has 0 radical (unpaired) electrons. The Hall–Kier alpha value is 0.480. The molecule has 0 fully saturated rings. The zero-order valence-corrected chi connectivity index (χ0v) is 9.54. The summed E-state index contributed by atoms with van der Waals surface area (Å²) in [7, 11) is 0. The summed E-state index contributed by atoms with van der Waals surface area (Å²) in [6.07, 6.45) is 10.0. The zero-order chi connectivity index (χ0) is 11.6. The molecule has 0 aliphatic carbocycles. The van der Waals surface area contributed by atoms with Gasteiger partial charge in [-0.05, 0) is 6.42 Å². The Morgan fingerprint density at radius 2 is 1.33 bits per heavy atom. The van der Waals surface area contributed by atoms with Gasteiger partial charge in [0.2, 0.25) is 0 Å². The number of hydrogen-bond acceptors (Lipinski definition) is 0. The monoisotopic (exact) mass is 237 g/mol. The molecule has 12 heavy (non-hydrogen) atoms. The number of unbranched alkanes of at least 4 members (excludes halogenated alkanes) is 7. The Bertz CT molecular complexity index is 134. The summed E-state index contributed by atoms with van der Waals surface area (Å²) in [5.74, 6) is 0. The van der Waals surface area contributed by atoms with Crippen molar-refractivity contribution in [2.75, 3.05) is 5.33 Å². The molecular weight excluding hydrogens is 212 g/mol. The van der Waals surface area contributed by atoms with E-state index >= 15 is 0 Å². The lowest BCUT2D eigenvalue weighted by molar-refractivity contribution is 0.573. The summed E-state index contributed by atoms with van der Waals surface area (Å²) in [6.45, 7) is -1.71. The van der Waals surface area contributed by atoms with Crippen LogP contribution in [0.15, 0.2) is 0 Å². The molecule has 0 nitrogen and oxygen atoms in total. The highest BCUT2D eigenvalue weighted by Crippen LogP contribution is 2.09. The molecule has 0 aliphatic rings. The van der Waals surface area contributed by atoms with Gasteiger partial charge in [-0.25, -0.2) is 0 Å². The van der Waals surface area contributed by atoms with Crippen LogP contribution in [0.5, 0.6) is 0 Å². The average Bonchev–Trinajstić information content (AvgIpc) is 2.14. The number of hydrogen-bond donors (Lipinski definition) is 0. The lowest BCUT2D eigenvalue weighted by Crippen LogP contribution is -1.81. The second-order valence-electron chi connectivity index (χ2n) is 3.27. The van der Waals surface area contributed by atoms with Crippen LogP contribution in [0.4, 0.5) is 0 Å². The first kappa shape index (κ1) is 7.84. The van der Waals surface area contributed by atoms with E-state index < -0.39 is 6.85 Å². The predicted molar refractivity (Wildman–Crippen MR) is 61.0 cm³/mol. The Kier molecular flexibility index (Phi) is 7.50. The molecule has 74 valence electrons. The van der Waals surface area contributed by atoms with Gasteiger partial charge in [0.25, 0.3) is 0 Å². The van der Waals surface area contributed by atoms with Crippen molar-refractivity contribution in [1.29, 1.82) is 0 Å². The van der Waals surface area contributed by atoms with Gasteiger partial charge in [-0.15, -0.1) is 0 Å². The van der Waals surface area contributed by atoms with Gasteiger partial charge in [-0.1, -0.05) is 74.1 Å². The van der Waals surface area contributed by atoms with Crippen molar-refractivity contribution in [2.24, 2.45) is 0 Å². The molecule has 0 saturated heterocycles. The Morgan fingerprint density at radius 3 is 1.83 bits per heavy atom. The molecule has 0 saturated carbocycles. The summed E-state index contributed by atoms with van der Waals surface area (Å²) >= 11 is 3.42. The maximum Gasteiger partial charge on any atom is 0.0230 e. The molecule has 0 rings (SSSR count). The molecule has 0 unspecified atom stereocenters. The van der Waals surface area contributed by atoms with Gasteiger partial charge in [0.05, 0.1) is 0 Å². The second-order valence-corrected chi connectivity index (χ2v) is 4.06. The van der Waals surface area contributed by atoms with Crippen LogP contribution in [-0.4, -0.2) is 5.33 Å². The molecule has 0 heterocycles. The highest BCUT2D eigenvalue weighted by Gasteiger charge is 1.90. The van der Waals surface area contributed by atoms with Gasteiger partial charge in [-0.3, -0.25) is 0 Å². The Morgan fingerprint density at radius 1 is 0.833 bits per heavy atom. The minimum Gasteiger partial charge on any atom is -0.0928 e. The number of alkyl halides is 1. The van der Waals surface area contributed by atoms with E-state index in [1.165, 1.54) is 38.5 Å². The molecule has 0 spiro atoms. The van der Waals surface area contributed by atoms with E-state index in [1.807, 2.05) is 0 Å². The predicted octanol–water partition coefficient (Wildman–Crippen LogP) is 4.91. The van der Waals surface area contributed by atoms with Crippen molar-refractivity contribution < 1.29 is 4.11 Å². The van der Waals surface area contributed by atoms with Gasteiger partial charge in [0.1, 0.15) is 0 Å². The van der Waals surface area contributed by atoms with Crippen LogP contribution in [0.2, 0.25) is 0 Å². The van der Waals surface area contributed by atoms with E-state index in [0.29, 0.717) is 6.42 Å². The van der Waals surface area contributed by atoms with E-state index in [4.69, 9.17) is 4.11 Å². The Balaban J connectivity index is 2.99. The zero-order valence-electron chi connectivity index (χ0n) is 10.9. The van der Waals surface area contributed by atoms with Gasteiger partial charge < -0.3 is 0 Å². The van der Waals surface area contributed by atoms with Crippen molar-refractivity contribution in [1.82, 2.24) is 0 Å². The lowest BCUT2D eigenvalue weighted by atomic mass is 10.1. The fraction of sp³-hybridized carbons (Fsp3) is 1.00. The highest BCUT2D eigenvalue weighted by molar-refractivity contribution is 9.09. The van der Waals surface area contributed by atoms with Crippen molar-refractivity contribution in [3.05, 3.63) is 0 Å². The fourth-order valence-corrected chi connectivity index (χ4v) is 1.68. The minimum absolute atomic E-state index is 0.386. The van der Waals surface area contributed by atoms with E-state index in [2.05, 4.69) is 15.9 Å². The van der Waals surface area contributed by atoms with E-state index in [0.717, 1.165) is 18.2 Å². The third-order valence-electron chi connectivity index (χ3n) is 2.06. The second kappa shape index (κ2) is 11.5. The molecule has 0 atom stereocenters. The molecule has 0 aromatic carbocycles. The largest absolute Gasteiger partial charge is 0.0928 e. The topological polar surface area (TPSA) is 0 Å². The first-order valence-corrected chi connectivity index (χ1v) is 6.24. The van der Waals surface area contributed by atoms with Gasteiger partial charge in [0.15, 0.2) is 0 Å². The molecule has 0 aromatic heterocycles. The number of rotatable bonds is 9. The SMILES string of the molecule is [2H]C([2H])([2H])CCCCCCCCCCBr. The first-order valence-electron chi connectivity index (χ1n) is 6.62. The van der Waals surface area contributed by atoms with Gasteiger partial charge >= 0.3 is 0 Å². The van der Waals surface area contributed by atoms with Crippen molar-refractivity contribution >= 4 is 15.9 Å². The van der Waals surface area contributed by atoms with Crippen LogP contribution in [0.3, 0.4) is 0 Å². The summed E-state index contributed by atoms with van der Waals surface area (Å²) < 4.78 is 21.2. The Labute approximate surface area is 90.5 Å². The van der Waals surface area contributed by atoms with E-state index in [1.54, 1.807) is 0 Å². The molecule has 1 heteroatoms. The van der Waals surface area contributed by atoms with Crippen LogP contribution < -0.4 is 0 Å². The number of halogens is 1. The highest BCUT2D eigenvalue weighted by atomic mass is 79.9. The third-order valence-corrected chi connectivity index (χ3v) is 2.62. The normalized spacial score (nSPS) is 15.2. The summed E-state index contributed by atoms with van der Waals surface area (Å²) in [4.78, 5) is 0. The average molecular weight is 238 g/mol. The first-order chi connectivity index (χ1) is 7.06. The van der Waals surface area contributed by atoms with Crippen LogP contribution in [0, 0.1) is 0 Å². The molecule has 0 N–H and O–H groups in total. The van der Waals surface area contributed by atoms with E-state index in [-0.39, 0.29) is 0 Å². The third kappa shape index (κ3) is 10.5. The molecule has 0 aliphatic heterocycles. The van der Waals surface area contributed by atoms with Crippen LogP contribution >= 0.6 is 15.9 Å². The summed E-state index contributed by atoms with van der Waals surface area (Å²) in [5.41, 5.74) is 0. The van der Waals surface area contributed by atoms with Crippen LogP contribution in [-0.2, 0) is 0 Å². The lowest BCUT2D eigenvalue weighted by Gasteiger charge is -1.99. The van der Waals surface area contributed by atoms with Gasteiger partial charge in [0, 0.05) is 9.44 Å². The molecule has 0 amide bonds. The molecule has 0 aromatic rings. The minimum atomic E-state index is -1.71. The maximum atomic E-state index is 7.05. The quantitative estimate of drug-likeness (QED) is 0.395. The fourth-order valence-electron chi connectivity index (χ4n) is 1.28. The van der Waals surface area contributed by atoms with Crippen molar-refractivity contribution in [3.63, 3.8) is 0 Å². The summed E-state index contributed by atoms with van der Waals surface area (Å²) in [6, 6.07) is 0. The summed E-state index contributed by atoms with van der Waals surface area (Å²) in [5, 5.41) is 1.12. The van der Waals surface area contributed by atoms with Gasteiger partial charge in [-0.2, -0.15) is 0 Å². The van der Waals surface area contributed by atoms with Crippen LogP contribution in [0.1, 0.15) is 68.8 Å². The standard InChI is InChI=1S/C11H23Br/c1-2-3-4-5-6-7-8-9-10-11-12/h2-11H2,1H3/i1D3. The maximum absolute atomic E-state index is 7.05. The molecular formula is C11H23Br. The smallest absolute Gasteiger partial charge is 0.0230 e. The van der Waals surface area contributed by atoms with E-state index in [9.17, 15) is 0 Å². The van der Waals surface area contributed by atoms with Crippen molar-refractivity contribution in [2.45, 2.75) is 64.6 Å². The molecule has 0 bridgehead atoms. The van der Waals surface area contributed by atoms with Crippen molar-refractivity contribution in [3.8, 4) is 0 Å².